The Morgan fingerprint density at radius 3 is 2.68 bits per heavy atom. The second-order valence-corrected chi connectivity index (χ2v) is 4.28. The van der Waals surface area contributed by atoms with Gasteiger partial charge < -0.3 is 19.0 Å². The fraction of sp³-hybridized carbons (Fsp3) is 0.214. The monoisotopic (exact) mass is 260 g/mol. The van der Waals surface area contributed by atoms with Crippen LogP contribution in [0.3, 0.4) is 0 Å². The van der Waals surface area contributed by atoms with E-state index in [4.69, 9.17) is 13.9 Å². The number of aromatic hydroxyl groups is 1. The molecule has 1 aromatic heterocycles. The van der Waals surface area contributed by atoms with Gasteiger partial charge in [-0.05, 0) is 6.92 Å². The van der Waals surface area contributed by atoms with Crippen molar-refractivity contribution < 1.29 is 19.0 Å². The molecule has 2 unspecified atom stereocenters. The molecule has 2 atom stereocenters. The number of fused-ring (bicyclic) bond motifs is 1. The smallest absolute Gasteiger partial charge is 0.339 e. The van der Waals surface area contributed by atoms with E-state index in [0.717, 1.165) is 11.6 Å². The van der Waals surface area contributed by atoms with Crippen LogP contribution in [0, 0.1) is 0 Å². The maximum absolute atomic E-state index is 11.2. The number of ether oxygens (including phenoxy) is 2. The summed E-state index contributed by atoms with van der Waals surface area (Å²) in [6, 6.07) is 10.3. The zero-order valence-electron chi connectivity index (χ0n) is 10.2. The molecule has 1 aromatic carbocycles. The molecule has 0 aliphatic carbocycles. The largest absolute Gasteiger partial charge is 0.504 e. The highest BCUT2D eigenvalue weighted by Crippen LogP contribution is 2.43. The summed E-state index contributed by atoms with van der Waals surface area (Å²) < 4.78 is 16.2. The third-order valence-electron chi connectivity index (χ3n) is 2.92. The number of rotatable bonds is 1. The standard InChI is InChI=1S/C14H12O5/c1-8-12-13(10(15)7-11(16)18-12)19-14(17-8)9-5-3-2-4-6-9/h2-8,14-15H,1H3. The summed E-state index contributed by atoms with van der Waals surface area (Å²) in [6.07, 6.45) is -1.11. The average molecular weight is 260 g/mol. The maximum Gasteiger partial charge on any atom is 0.339 e. The molecule has 1 aliphatic heterocycles. The minimum atomic E-state index is -0.637. The quantitative estimate of drug-likeness (QED) is 0.853. The van der Waals surface area contributed by atoms with Gasteiger partial charge in [-0.3, -0.25) is 0 Å². The van der Waals surface area contributed by atoms with Gasteiger partial charge >= 0.3 is 5.63 Å². The van der Waals surface area contributed by atoms with E-state index in [9.17, 15) is 9.90 Å². The molecule has 2 heterocycles. The Morgan fingerprint density at radius 1 is 1.21 bits per heavy atom. The summed E-state index contributed by atoms with van der Waals surface area (Å²) in [6.45, 7) is 1.74. The third-order valence-corrected chi connectivity index (χ3v) is 2.92. The first-order valence-corrected chi connectivity index (χ1v) is 5.89. The van der Waals surface area contributed by atoms with Gasteiger partial charge in [0.25, 0.3) is 0 Å². The molecule has 98 valence electrons. The Labute approximate surface area is 109 Å². The van der Waals surface area contributed by atoms with Crippen LogP contribution in [0.25, 0.3) is 0 Å². The highest BCUT2D eigenvalue weighted by molar-refractivity contribution is 5.42. The third kappa shape index (κ3) is 2.08. The van der Waals surface area contributed by atoms with E-state index >= 15 is 0 Å². The summed E-state index contributed by atoms with van der Waals surface area (Å²) in [5, 5.41) is 9.78. The van der Waals surface area contributed by atoms with Crippen LogP contribution in [0.1, 0.15) is 30.6 Å². The molecule has 0 saturated heterocycles. The van der Waals surface area contributed by atoms with Crippen molar-refractivity contribution in [3.8, 4) is 11.5 Å². The van der Waals surface area contributed by atoms with Gasteiger partial charge in [-0.2, -0.15) is 0 Å². The fourth-order valence-corrected chi connectivity index (χ4v) is 2.01. The topological polar surface area (TPSA) is 68.9 Å². The van der Waals surface area contributed by atoms with Crippen LogP contribution in [-0.4, -0.2) is 5.11 Å². The van der Waals surface area contributed by atoms with E-state index in [0.29, 0.717) is 0 Å². The zero-order chi connectivity index (χ0) is 13.4. The summed E-state index contributed by atoms with van der Waals surface area (Å²) in [4.78, 5) is 11.2. The molecule has 0 fully saturated rings. The van der Waals surface area contributed by atoms with E-state index in [1.54, 1.807) is 6.92 Å². The molecular weight excluding hydrogens is 248 g/mol. The lowest BCUT2D eigenvalue weighted by molar-refractivity contribution is -0.149. The van der Waals surface area contributed by atoms with E-state index in [1.165, 1.54) is 0 Å². The van der Waals surface area contributed by atoms with Crippen molar-refractivity contribution in [3.63, 3.8) is 0 Å². The van der Waals surface area contributed by atoms with Gasteiger partial charge in [0.15, 0.2) is 11.5 Å². The summed E-state index contributed by atoms with van der Waals surface area (Å²) in [5.41, 5.74) is 0.194. The van der Waals surface area contributed by atoms with Crippen molar-refractivity contribution in [2.45, 2.75) is 19.3 Å². The minimum Gasteiger partial charge on any atom is -0.504 e. The van der Waals surface area contributed by atoms with Crippen molar-refractivity contribution in [3.05, 3.63) is 58.1 Å². The fourth-order valence-electron chi connectivity index (χ4n) is 2.01. The first kappa shape index (κ1) is 11.8. The van der Waals surface area contributed by atoms with Crippen molar-refractivity contribution in [2.75, 3.05) is 0 Å². The molecule has 0 amide bonds. The summed E-state index contributed by atoms with van der Waals surface area (Å²) in [5.74, 6) is 0.131. The Hall–Kier alpha value is -2.27. The number of hydrogen-bond donors (Lipinski definition) is 1. The molecule has 0 spiro atoms. The molecule has 1 aliphatic rings. The van der Waals surface area contributed by atoms with E-state index in [-0.39, 0.29) is 17.3 Å². The Morgan fingerprint density at radius 2 is 1.95 bits per heavy atom. The van der Waals surface area contributed by atoms with E-state index < -0.39 is 18.0 Å². The van der Waals surface area contributed by atoms with Gasteiger partial charge in [0.2, 0.25) is 12.0 Å². The SMILES string of the molecule is CC1OC(c2ccccc2)Oc2c(O)cc(=O)oc21. The minimum absolute atomic E-state index is 0.159. The van der Waals surface area contributed by atoms with Gasteiger partial charge in [-0.1, -0.05) is 30.3 Å². The second kappa shape index (κ2) is 4.44. The molecule has 5 nitrogen and oxygen atoms in total. The normalized spacial score (nSPS) is 21.5. The first-order valence-electron chi connectivity index (χ1n) is 5.89. The van der Waals surface area contributed by atoms with Crippen molar-refractivity contribution in [1.82, 2.24) is 0 Å². The molecule has 19 heavy (non-hydrogen) atoms. The Balaban J connectivity index is 2.03. The Bertz CT molecular complexity index is 647. The van der Waals surface area contributed by atoms with E-state index in [1.807, 2.05) is 30.3 Å². The molecule has 3 rings (SSSR count). The van der Waals surface area contributed by atoms with Crippen LogP contribution in [0.4, 0.5) is 0 Å². The highest BCUT2D eigenvalue weighted by atomic mass is 16.7. The molecule has 0 saturated carbocycles. The predicted octanol–water partition coefficient (Wildman–Crippen LogP) is 2.51. The number of hydrogen-bond acceptors (Lipinski definition) is 5. The molecule has 2 aromatic rings. The van der Waals surface area contributed by atoms with Crippen LogP contribution >= 0.6 is 0 Å². The van der Waals surface area contributed by atoms with Gasteiger partial charge in [0.05, 0.1) is 6.07 Å². The molecular formula is C14H12O5. The first-order chi connectivity index (χ1) is 9.15. The van der Waals surface area contributed by atoms with Crippen LogP contribution < -0.4 is 10.4 Å². The lowest BCUT2D eigenvalue weighted by Gasteiger charge is -2.29. The maximum atomic E-state index is 11.2. The zero-order valence-corrected chi connectivity index (χ0v) is 10.2. The lowest BCUT2D eigenvalue weighted by Crippen LogP contribution is -2.22. The van der Waals surface area contributed by atoms with Gasteiger partial charge in [0, 0.05) is 5.56 Å². The molecule has 0 radical (unpaired) electrons. The average Bonchev–Trinajstić information content (AvgIpc) is 2.41. The van der Waals surface area contributed by atoms with Crippen molar-refractivity contribution in [1.29, 1.82) is 0 Å². The van der Waals surface area contributed by atoms with Crippen molar-refractivity contribution >= 4 is 0 Å². The summed E-state index contributed by atoms with van der Waals surface area (Å²) in [7, 11) is 0. The molecule has 5 heteroatoms. The highest BCUT2D eigenvalue weighted by Gasteiger charge is 2.32. The van der Waals surface area contributed by atoms with Crippen LogP contribution in [0.2, 0.25) is 0 Å². The molecule has 1 N–H and O–H groups in total. The van der Waals surface area contributed by atoms with Gasteiger partial charge in [-0.15, -0.1) is 0 Å². The Kier molecular flexibility index (Phi) is 2.76. The summed E-state index contributed by atoms with van der Waals surface area (Å²) >= 11 is 0. The van der Waals surface area contributed by atoms with Gasteiger partial charge in [0.1, 0.15) is 6.10 Å². The lowest BCUT2D eigenvalue weighted by atomic mass is 10.1. The predicted molar refractivity (Wildman–Crippen MR) is 66.0 cm³/mol. The van der Waals surface area contributed by atoms with Crippen LogP contribution in [-0.2, 0) is 4.74 Å². The van der Waals surface area contributed by atoms with Gasteiger partial charge in [-0.25, -0.2) is 4.79 Å². The molecule has 0 bridgehead atoms. The van der Waals surface area contributed by atoms with Crippen LogP contribution in [0.15, 0.2) is 45.6 Å². The van der Waals surface area contributed by atoms with Crippen LogP contribution in [0.5, 0.6) is 11.5 Å². The van der Waals surface area contributed by atoms with E-state index in [2.05, 4.69) is 0 Å². The number of benzene rings is 1. The van der Waals surface area contributed by atoms with Crippen molar-refractivity contribution in [2.24, 2.45) is 0 Å². The second-order valence-electron chi connectivity index (χ2n) is 4.28.